The Morgan fingerprint density at radius 3 is 2.52 bits per heavy atom. The Labute approximate surface area is 174 Å². The lowest BCUT2D eigenvalue weighted by Crippen LogP contribution is -2.08. The average Bonchev–Trinajstić information content (AvgIpc) is 3.24. The predicted octanol–water partition coefficient (Wildman–Crippen LogP) is 4.94. The third-order valence-electron chi connectivity index (χ3n) is 4.93. The number of thioether (sulfide) groups is 1. The van der Waals surface area contributed by atoms with Crippen molar-refractivity contribution in [2.75, 3.05) is 5.75 Å². The number of nitrogens with zero attached hydrogens (tertiary/aromatic N) is 2. The second-order valence-corrected chi connectivity index (χ2v) is 7.82. The quantitative estimate of drug-likeness (QED) is 0.433. The van der Waals surface area contributed by atoms with E-state index in [4.69, 9.17) is 9.72 Å². The summed E-state index contributed by atoms with van der Waals surface area (Å²) in [7, 11) is 0. The molecule has 0 unspecified atom stereocenters. The summed E-state index contributed by atoms with van der Waals surface area (Å²) in [6.07, 6.45) is 2.89. The van der Waals surface area contributed by atoms with E-state index < -0.39 is 0 Å². The molecule has 0 N–H and O–H groups in total. The van der Waals surface area contributed by atoms with E-state index in [2.05, 4.69) is 6.07 Å². The van der Waals surface area contributed by atoms with E-state index in [1.807, 2.05) is 60.7 Å². The van der Waals surface area contributed by atoms with Crippen LogP contribution in [0.2, 0.25) is 0 Å². The highest BCUT2D eigenvalue weighted by Gasteiger charge is 2.24. The van der Waals surface area contributed by atoms with Gasteiger partial charge in [0.05, 0.1) is 11.3 Å². The maximum absolute atomic E-state index is 12.2. The average molecular weight is 401 g/mol. The van der Waals surface area contributed by atoms with Crippen LogP contribution in [0.4, 0.5) is 0 Å². The lowest BCUT2D eigenvalue weighted by Gasteiger charge is -2.14. The smallest absolute Gasteiger partial charge is 0.316 e. The van der Waals surface area contributed by atoms with Gasteiger partial charge in [0.2, 0.25) is 0 Å². The van der Waals surface area contributed by atoms with Crippen LogP contribution in [0, 0.1) is 11.3 Å². The zero-order valence-electron chi connectivity index (χ0n) is 15.9. The summed E-state index contributed by atoms with van der Waals surface area (Å²) in [5, 5.41) is 10.5. The maximum atomic E-state index is 12.2. The summed E-state index contributed by atoms with van der Waals surface area (Å²) in [6.45, 7) is 0.248. The van der Waals surface area contributed by atoms with Crippen molar-refractivity contribution in [3.05, 3.63) is 83.0 Å². The van der Waals surface area contributed by atoms with Gasteiger partial charge in [-0.1, -0.05) is 72.4 Å². The second-order valence-electron chi connectivity index (χ2n) is 6.86. The van der Waals surface area contributed by atoms with Gasteiger partial charge in [0, 0.05) is 11.3 Å². The number of pyridine rings is 1. The molecule has 1 heterocycles. The molecule has 4 rings (SSSR count). The molecule has 0 fully saturated rings. The first-order valence-electron chi connectivity index (χ1n) is 9.60. The number of nitriles is 1. The van der Waals surface area contributed by atoms with Gasteiger partial charge in [0.1, 0.15) is 17.7 Å². The van der Waals surface area contributed by atoms with Gasteiger partial charge >= 0.3 is 5.97 Å². The van der Waals surface area contributed by atoms with E-state index in [0.29, 0.717) is 10.6 Å². The van der Waals surface area contributed by atoms with Crippen LogP contribution in [0.15, 0.2) is 65.7 Å². The molecule has 0 bridgehead atoms. The van der Waals surface area contributed by atoms with E-state index >= 15 is 0 Å². The van der Waals surface area contributed by atoms with Gasteiger partial charge in [0.15, 0.2) is 0 Å². The summed E-state index contributed by atoms with van der Waals surface area (Å²) in [5.41, 5.74) is 5.71. The number of benzene rings is 2. The Balaban J connectivity index is 1.55. The SMILES string of the molecule is N#Cc1c(SCC(=O)OCc2ccccc2)nc2c(c1-c1ccccc1)CCC2. The van der Waals surface area contributed by atoms with Gasteiger partial charge in [-0.05, 0) is 36.0 Å². The minimum Gasteiger partial charge on any atom is -0.460 e. The topological polar surface area (TPSA) is 63.0 Å². The van der Waals surface area contributed by atoms with Crippen LogP contribution in [0.25, 0.3) is 11.1 Å². The highest BCUT2D eigenvalue weighted by molar-refractivity contribution is 7.99. The summed E-state index contributed by atoms with van der Waals surface area (Å²) in [6, 6.07) is 21.9. The van der Waals surface area contributed by atoms with Gasteiger partial charge in [0.25, 0.3) is 0 Å². The molecule has 0 saturated heterocycles. The van der Waals surface area contributed by atoms with Crippen LogP contribution in [-0.2, 0) is 29.0 Å². The van der Waals surface area contributed by atoms with Crippen molar-refractivity contribution in [1.82, 2.24) is 4.98 Å². The van der Waals surface area contributed by atoms with Crippen LogP contribution >= 0.6 is 11.8 Å². The highest BCUT2D eigenvalue weighted by atomic mass is 32.2. The molecule has 144 valence electrons. The molecule has 3 aromatic rings. The molecular formula is C24H20N2O2S. The summed E-state index contributed by atoms with van der Waals surface area (Å²) in [4.78, 5) is 17.0. The number of fused-ring (bicyclic) bond motifs is 1. The van der Waals surface area contributed by atoms with E-state index in [1.165, 1.54) is 17.3 Å². The van der Waals surface area contributed by atoms with Crippen LogP contribution in [-0.4, -0.2) is 16.7 Å². The molecule has 1 aliphatic rings. The Hall–Kier alpha value is -3.10. The number of aromatic nitrogens is 1. The fraction of sp³-hybridized carbons (Fsp3) is 0.208. The molecule has 0 atom stereocenters. The standard InChI is InChI=1S/C24H20N2O2S/c25-14-20-23(18-10-5-2-6-11-18)19-12-7-13-21(19)26-24(20)29-16-22(27)28-15-17-8-3-1-4-9-17/h1-6,8-11H,7,12-13,15-16H2. The van der Waals surface area contributed by atoms with E-state index in [9.17, 15) is 10.1 Å². The molecule has 5 heteroatoms. The van der Waals surface area contributed by atoms with Crippen molar-refractivity contribution in [2.45, 2.75) is 30.9 Å². The summed E-state index contributed by atoms with van der Waals surface area (Å²) < 4.78 is 5.36. The lowest BCUT2D eigenvalue weighted by molar-refractivity contribution is -0.141. The third-order valence-corrected chi connectivity index (χ3v) is 5.88. The van der Waals surface area contributed by atoms with E-state index in [0.717, 1.165) is 41.6 Å². The lowest BCUT2D eigenvalue weighted by atomic mass is 9.95. The molecule has 1 aromatic heterocycles. The van der Waals surface area contributed by atoms with Gasteiger partial charge in [-0.3, -0.25) is 4.79 Å². The van der Waals surface area contributed by atoms with Crippen molar-refractivity contribution in [1.29, 1.82) is 5.26 Å². The fourth-order valence-electron chi connectivity index (χ4n) is 3.60. The first-order chi connectivity index (χ1) is 14.3. The third kappa shape index (κ3) is 4.33. The summed E-state index contributed by atoms with van der Waals surface area (Å²) >= 11 is 1.28. The first kappa shape index (κ1) is 19.2. The van der Waals surface area contributed by atoms with Crippen molar-refractivity contribution in [2.24, 2.45) is 0 Å². The first-order valence-corrected chi connectivity index (χ1v) is 10.6. The number of hydrogen-bond acceptors (Lipinski definition) is 5. The fourth-order valence-corrected chi connectivity index (χ4v) is 4.40. The van der Waals surface area contributed by atoms with Crippen LogP contribution < -0.4 is 0 Å². The van der Waals surface area contributed by atoms with Crippen molar-refractivity contribution < 1.29 is 9.53 Å². The van der Waals surface area contributed by atoms with E-state index in [-0.39, 0.29) is 18.3 Å². The normalized spacial score (nSPS) is 12.2. The molecule has 0 aliphatic heterocycles. The highest BCUT2D eigenvalue weighted by Crippen LogP contribution is 2.38. The maximum Gasteiger partial charge on any atom is 0.316 e. The molecule has 2 aromatic carbocycles. The number of hydrogen-bond donors (Lipinski definition) is 0. The van der Waals surface area contributed by atoms with Crippen LogP contribution in [0.3, 0.4) is 0 Å². The number of esters is 1. The number of rotatable bonds is 6. The Morgan fingerprint density at radius 2 is 1.79 bits per heavy atom. The largest absolute Gasteiger partial charge is 0.460 e. The molecule has 0 saturated carbocycles. The molecule has 1 aliphatic carbocycles. The Bertz CT molecular complexity index is 1060. The predicted molar refractivity (Wildman–Crippen MR) is 113 cm³/mol. The van der Waals surface area contributed by atoms with Gasteiger partial charge in [-0.2, -0.15) is 5.26 Å². The molecule has 0 radical (unpaired) electrons. The second kappa shape index (κ2) is 8.93. The van der Waals surface area contributed by atoms with Gasteiger partial charge in [-0.25, -0.2) is 4.98 Å². The van der Waals surface area contributed by atoms with Crippen molar-refractivity contribution >= 4 is 17.7 Å². The monoisotopic (exact) mass is 400 g/mol. The number of aryl methyl sites for hydroxylation is 1. The minimum atomic E-state index is -0.314. The van der Waals surface area contributed by atoms with Gasteiger partial charge < -0.3 is 4.74 Å². The zero-order chi connectivity index (χ0) is 20.1. The Kier molecular flexibility index (Phi) is 5.92. The molecule has 4 nitrogen and oxygen atoms in total. The van der Waals surface area contributed by atoms with Crippen molar-refractivity contribution in [3.63, 3.8) is 0 Å². The van der Waals surface area contributed by atoms with Crippen molar-refractivity contribution in [3.8, 4) is 17.2 Å². The van der Waals surface area contributed by atoms with Gasteiger partial charge in [-0.15, -0.1) is 0 Å². The molecular weight excluding hydrogens is 380 g/mol. The number of ether oxygens (including phenoxy) is 1. The summed E-state index contributed by atoms with van der Waals surface area (Å²) in [5.74, 6) is -0.187. The molecule has 29 heavy (non-hydrogen) atoms. The van der Waals surface area contributed by atoms with Crippen LogP contribution in [0.1, 0.15) is 28.8 Å². The van der Waals surface area contributed by atoms with Crippen LogP contribution in [0.5, 0.6) is 0 Å². The number of carbonyl (C=O) groups excluding carboxylic acids is 1. The molecule has 0 amide bonds. The number of carbonyl (C=O) groups is 1. The Morgan fingerprint density at radius 1 is 1.07 bits per heavy atom. The molecule has 0 spiro atoms. The van der Waals surface area contributed by atoms with E-state index in [1.54, 1.807) is 0 Å². The minimum absolute atomic E-state index is 0.127. The zero-order valence-corrected chi connectivity index (χ0v) is 16.7.